The predicted octanol–water partition coefficient (Wildman–Crippen LogP) is 2.01. The minimum absolute atomic E-state index is 0.0548. The van der Waals surface area contributed by atoms with Gasteiger partial charge in [-0.15, -0.1) is 0 Å². The highest BCUT2D eigenvalue weighted by molar-refractivity contribution is 5.97. The van der Waals surface area contributed by atoms with Gasteiger partial charge in [-0.05, 0) is 50.8 Å². The number of hydrogen-bond donors (Lipinski definition) is 2. The number of H-pyrrole nitrogens is 1. The Morgan fingerprint density at radius 1 is 1.10 bits per heavy atom. The van der Waals surface area contributed by atoms with E-state index >= 15 is 0 Å². The van der Waals surface area contributed by atoms with Crippen LogP contribution in [0.3, 0.4) is 0 Å². The minimum Gasteiger partial charge on any atom is -0.353 e. The standard InChI is InChI=1S/C23H30N4O4/c1-2-27-19-11-10-15(13-18(19)25-21(29)23(27)31)22(30)26-12-6-7-16(14-26)20(28)24-17-8-4-3-5-9-17/h10-11,13,16-17H,2-9,12,14H2,1H3,(H,24,28)(H,25,29). The van der Waals surface area contributed by atoms with Crippen LogP contribution >= 0.6 is 0 Å². The van der Waals surface area contributed by atoms with Crippen LogP contribution in [-0.2, 0) is 11.3 Å². The molecule has 1 aliphatic heterocycles. The van der Waals surface area contributed by atoms with Gasteiger partial charge in [0.15, 0.2) is 0 Å². The van der Waals surface area contributed by atoms with Crippen molar-refractivity contribution in [3.63, 3.8) is 0 Å². The number of carbonyl (C=O) groups excluding carboxylic acids is 2. The van der Waals surface area contributed by atoms with E-state index in [-0.39, 0.29) is 23.8 Å². The van der Waals surface area contributed by atoms with Gasteiger partial charge in [0.1, 0.15) is 0 Å². The number of hydrogen-bond acceptors (Lipinski definition) is 4. The highest BCUT2D eigenvalue weighted by Crippen LogP contribution is 2.22. The van der Waals surface area contributed by atoms with Gasteiger partial charge < -0.3 is 19.8 Å². The maximum Gasteiger partial charge on any atom is 0.316 e. The smallest absolute Gasteiger partial charge is 0.316 e. The Labute approximate surface area is 180 Å². The van der Waals surface area contributed by atoms with Gasteiger partial charge in [0, 0.05) is 31.2 Å². The topological polar surface area (TPSA) is 104 Å². The van der Waals surface area contributed by atoms with Gasteiger partial charge in [-0.3, -0.25) is 19.2 Å². The SMILES string of the molecule is CCn1c(=O)c(=O)[nH]c2cc(C(=O)N3CCCC(C(=O)NC4CCCCC4)C3)ccc21. The molecule has 1 aliphatic carbocycles. The molecule has 2 aromatic rings. The summed E-state index contributed by atoms with van der Waals surface area (Å²) < 4.78 is 1.40. The van der Waals surface area contributed by atoms with Gasteiger partial charge in [0.05, 0.1) is 17.0 Å². The van der Waals surface area contributed by atoms with Crippen molar-refractivity contribution in [2.24, 2.45) is 5.92 Å². The Kier molecular flexibility index (Phi) is 6.25. The Morgan fingerprint density at radius 3 is 2.61 bits per heavy atom. The average Bonchev–Trinajstić information content (AvgIpc) is 2.80. The molecule has 166 valence electrons. The van der Waals surface area contributed by atoms with E-state index in [1.165, 1.54) is 11.0 Å². The van der Waals surface area contributed by atoms with E-state index in [0.29, 0.717) is 36.2 Å². The van der Waals surface area contributed by atoms with E-state index in [0.717, 1.165) is 38.5 Å². The summed E-state index contributed by atoms with van der Waals surface area (Å²) in [6, 6.07) is 5.26. The Morgan fingerprint density at radius 2 is 1.87 bits per heavy atom. The van der Waals surface area contributed by atoms with Gasteiger partial charge in [-0.1, -0.05) is 19.3 Å². The largest absolute Gasteiger partial charge is 0.353 e. The first kappa shape index (κ1) is 21.3. The lowest BCUT2D eigenvalue weighted by atomic mass is 9.92. The molecule has 8 heteroatoms. The number of carbonyl (C=O) groups is 2. The number of aromatic amines is 1. The van der Waals surface area contributed by atoms with Crippen molar-refractivity contribution in [2.45, 2.75) is 64.5 Å². The molecule has 0 spiro atoms. The molecule has 0 radical (unpaired) electrons. The minimum atomic E-state index is -0.698. The number of benzene rings is 1. The van der Waals surface area contributed by atoms with Crippen molar-refractivity contribution in [2.75, 3.05) is 13.1 Å². The van der Waals surface area contributed by atoms with Crippen LogP contribution in [-0.4, -0.2) is 45.4 Å². The number of piperidine rings is 1. The van der Waals surface area contributed by atoms with Crippen LogP contribution in [0.1, 0.15) is 62.2 Å². The lowest BCUT2D eigenvalue weighted by molar-refractivity contribution is -0.127. The number of aryl methyl sites for hydroxylation is 1. The van der Waals surface area contributed by atoms with E-state index in [1.807, 2.05) is 0 Å². The molecule has 31 heavy (non-hydrogen) atoms. The molecule has 8 nitrogen and oxygen atoms in total. The van der Waals surface area contributed by atoms with Crippen molar-refractivity contribution in [1.29, 1.82) is 0 Å². The number of aromatic nitrogens is 2. The second-order valence-electron chi connectivity index (χ2n) is 8.67. The quantitative estimate of drug-likeness (QED) is 0.730. The predicted molar refractivity (Wildman–Crippen MR) is 118 cm³/mol. The summed E-state index contributed by atoms with van der Waals surface area (Å²) in [5, 5.41) is 3.19. The Balaban J connectivity index is 1.50. The van der Waals surface area contributed by atoms with Crippen molar-refractivity contribution in [1.82, 2.24) is 19.8 Å². The third-order valence-corrected chi connectivity index (χ3v) is 6.57. The zero-order valence-corrected chi connectivity index (χ0v) is 18.0. The van der Waals surface area contributed by atoms with Gasteiger partial charge >= 0.3 is 11.1 Å². The lowest BCUT2D eigenvalue weighted by Crippen LogP contribution is -2.48. The zero-order chi connectivity index (χ0) is 22.0. The highest BCUT2D eigenvalue weighted by Gasteiger charge is 2.30. The maximum absolute atomic E-state index is 13.1. The molecular weight excluding hydrogens is 396 g/mol. The molecule has 4 rings (SSSR count). The number of rotatable bonds is 4. The molecule has 1 saturated carbocycles. The second kappa shape index (κ2) is 9.08. The molecular formula is C23H30N4O4. The fourth-order valence-electron chi connectivity index (χ4n) is 4.85. The van der Waals surface area contributed by atoms with Crippen LogP contribution in [0.25, 0.3) is 11.0 Å². The molecule has 2 heterocycles. The van der Waals surface area contributed by atoms with E-state index in [4.69, 9.17) is 0 Å². The monoisotopic (exact) mass is 426 g/mol. The molecule has 1 aromatic carbocycles. The summed E-state index contributed by atoms with van der Waals surface area (Å²) in [4.78, 5) is 54.2. The summed E-state index contributed by atoms with van der Waals surface area (Å²) in [7, 11) is 0. The van der Waals surface area contributed by atoms with Crippen LogP contribution in [0.4, 0.5) is 0 Å². The highest BCUT2D eigenvalue weighted by atomic mass is 16.2. The Bertz CT molecular complexity index is 1100. The summed E-state index contributed by atoms with van der Waals surface area (Å²) in [5.74, 6) is -0.295. The fourth-order valence-corrected chi connectivity index (χ4v) is 4.85. The van der Waals surface area contributed by atoms with E-state index in [9.17, 15) is 19.2 Å². The zero-order valence-electron chi connectivity index (χ0n) is 18.0. The molecule has 1 atom stereocenters. The fraction of sp³-hybridized carbons (Fsp3) is 0.565. The molecule has 1 saturated heterocycles. The molecule has 2 fully saturated rings. The van der Waals surface area contributed by atoms with Gasteiger partial charge in [-0.25, -0.2) is 0 Å². The summed E-state index contributed by atoms with van der Waals surface area (Å²) in [6.45, 7) is 3.18. The second-order valence-corrected chi connectivity index (χ2v) is 8.67. The Hall–Kier alpha value is -2.90. The van der Waals surface area contributed by atoms with Crippen molar-refractivity contribution in [3.8, 4) is 0 Å². The van der Waals surface area contributed by atoms with E-state index in [2.05, 4.69) is 10.3 Å². The number of amides is 2. The summed E-state index contributed by atoms with van der Waals surface area (Å²) >= 11 is 0. The molecule has 0 bridgehead atoms. The lowest BCUT2D eigenvalue weighted by Gasteiger charge is -2.33. The van der Waals surface area contributed by atoms with Crippen LogP contribution in [0, 0.1) is 5.92 Å². The van der Waals surface area contributed by atoms with Crippen molar-refractivity contribution in [3.05, 3.63) is 44.5 Å². The molecule has 1 aromatic heterocycles. The van der Waals surface area contributed by atoms with Gasteiger partial charge in [0.25, 0.3) is 5.91 Å². The van der Waals surface area contributed by atoms with E-state index < -0.39 is 11.1 Å². The molecule has 1 unspecified atom stereocenters. The summed E-state index contributed by atoms with van der Waals surface area (Å²) in [5.41, 5.74) is 0.194. The maximum atomic E-state index is 13.1. The van der Waals surface area contributed by atoms with Crippen molar-refractivity contribution < 1.29 is 9.59 Å². The van der Waals surface area contributed by atoms with Crippen LogP contribution in [0.15, 0.2) is 27.8 Å². The normalized spacial score (nSPS) is 20.0. The first-order valence-corrected chi connectivity index (χ1v) is 11.3. The molecule has 2 N–H and O–H groups in total. The van der Waals surface area contributed by atoms with Gasteiger partial charge in [0.2, 0.25) is 5.91 Å². The number of nitrogens with one attached hydrogen (secondary N) is 2. The van der Waals surface area contributed by atoms with Crippen LogP contribution < -0.4 is 16.4 Å². The third kappa shape index (κ3) is 4.43. The average molecular weight is 427 g/mol. The van der Waals surface area contributed by atoms with Crippen LogP contribution in [0.5, 0.6) is 0 Å². The molecule has 2 aliphatic rings. The number of nitrogens with zero attached hydrogens (tertiary/aromatic N) is 2. The first-order chi connectivity index (χ1) is 15.0. The first-order valence-electron chi connectivity index (χ1n) is 11.3. The molecule has 2 amide bonds. The summed E-state index contributed by atoms with van der Waals surface area (Å²) in [6.07, 6.45) is 7.22. The number of likely N-dealkylation sites (tertiary alicyclic amines) is 1. The van der Waals surface area contributed by atoms with E-state index in [1.54, 1.807) is 30.0 Å². The van der Waals surface area contributed by atoms with Crippen molar-refractivity contribution >= 4 is 22.8 Å². The van der Waals surface area contributed by atoms with Crippen LogP contribution in [0.2, 0.25) is 0 Å². The number of fused-ring (bicyclic) bond motifs is 1. The third-order valence-electron chi connectivity index (χ3n) is 6.57. The van der Waals surface area contributed by atoms with Gasteiger partial charge in [-0.2, -0.15) is 0 Å².